The van der Waals surface area contributed by atoms with Gasteiger partial charge in [0.25, 0.3) is 0 Å². The van der Waals surface area contributed by atoms with Gasteiger partial charge >= 0.3 is 11.9 Å². The Morgan fingerprint density at radius 2 is 1.50 bits per heavy atom. The van der Waals surface area contributed by atoms with Crippen molar-refractivity contribution in [2.45, 2.75) is 91.3 Å². The number of rotatable bonds is 5. The van der Waals surface area contributed by atoms with E-state index in [1.165, 1.54) is 0 Å². The van der Waals surface area contributed by atoms with Gasteiger partial charge in [0.05, 0.1) is 12.2 Å². The molecule has 0 amide bonds. The number of aliphatic hydroxyl groups excluding tert-OH is 2. The van der Waals surface area contributed by atoms with Gasteiger partial charge in [0.15, 0.2) is 5.92 Å². The molecule has 11 atom stereocenters. The molecule has 4 N–H and O–H groups in total. The Hall–Kier alpha value is -1.14. The lowest BCUT2D eigenvalue weighted by Gasteiger charge is -2.64. The van der Waals surface area contributed by atoms with E-state index in [4.69, 9.17) is 0 Å². The first-order valence-electron chi connectivity index (χ1n) is 12.7. The minimum Gasteiger partial charge on any atom is -0.481 e. The molecule has 0 bridgehead atoms. The number of carboxylic acid groups (broad SMARTS) is 2. The van der Waals surface area contributed by atoms with Crippen LogP contribution in [0.25, 0.3) is 0 Å². The molecule has 6 heteroatoms. The van der Waals surface area contributed by atoms with Crippen LogP contribution in [0, 0.1) is 58.2 Å². The molecule has 0 heterocycles. The second-order valence-corrected chi connectivity index (χ2v) is 12.4. The fourth-order valence-electron chi connectivity index (χ4n) is 9.47. The summed E-state index contributed by atoms with van der Waals surface area (Å²) in [6.45, 7) is 8.94. The van der Waals surface area contributed by atoms with Crippen molar-refractivity contribution in [3.8, 4) is 0 Å². The van der Waals surface area contributed by atoms with Gasteiger partial charge in [0.1, 0.15) is 0 Å². The van der Waals surface area contributed by atoms with Crippen LogP contribution >= 0.6 is 0 Å². The summed E-state index contributed by atoms with van der Waals surface area (Å²) in [6, 6.07) is 0. The van der Waals surface area contributed by atoms with Crippen LogP contribution < -0.4 is 0 Å². The Morgan fingerprint density at radius 1 is 0.906 bits per heavy atom. The third kappa shape index (κ3) is 3.51. The Morgan fingerprint density at radius 3 is 2.12 bits per heavy atom. The molecule has 0 aromatic rings. The van der Waals surface area contributed by atoms with E-state index < -0.39 is 17.9 Å². The number of hydrogen-bond donors (Lipinski definition) is 4. The summed E-state index contributed by atoms with van der Waals surface area (Å²) >= 11 is 0. The summed E-state index contributed by atoms with van der Waals surface area (Å²) < 4.78 is 0. The largest absolute Gasteiger partial charge is 0.481 e. The highest BCUT2D eigenvalue weighted by Gasteiger charge is 2.64. The van der Waals surface area contributed by atoms with Gasteiger partial charge in [-0.15, -0.1) is 0 Å². The van der Waals surface area contributed by atoms with Gasteiger partial charge in [-0.05, 0) is 104 Å². The first-order chi connectivity index (χ1) is 14.9. The van der Waals surface area contributed by atoms with Crippen molar-refractivity contribution in [2.24, 2.45) is 58.2 Å². The highest BCUT2D eigenvalue weighted by molar-refractivity contribution is 5.92. The molecule has 4 aliphatic carbocycles. The Labute approximate surface area is 191 Å². The van der Waals surface area contributed by atoms with Crippen LogP contribution in [0.1, 0.15) is 79.1 Å². The van der Waals surface area contributed by atoms with Gasteiger partial charge in [-0.25, -0.2) is 0 Å². The fourth-order valence-corrected chi connectivity index (χ4v) is 9.47. The van der Waals surface area contributed by atoms with Crippen molar-refractivity contribution in [3.63, 3.8) is 0 Å². The highest BCUT2D eigenvalue weighted by atomic mass is 16.4. The summed E-state index contributed by atoms with van der Waals surface area (Å²) in [4.78, 5) is 23.0. The molecule has 0 aliphatic heterocycles. The van der Waals surface area contributed by atoms with Crippen molar-refractivity contribution in [1.82, 2.24) is 0 Å². The second kappa shape index (κ2) is 8.26. The van der Waals surface area contributed by atoms with Gasteiger partial charge in [0.2, 0.25) is 0 Å². The molecule has 4 fully saturated rings. The summed E-state index contributed by atoms with van der Waals surface area (Å²) in [5, 5.41) is 40.6. The summed E-state index contributed by atoms with van der Waals surface area (Å²) in [7, 11) is 0. The maximum atomic E-state index is 11.6. The molecular formula is C26H42O6. The van der Waals surface area contributed by atoms with Crippen LogP contribution in [0.15, 0.2) is 0 Å². The Kier molecular flexibility index (Phi) is 6.20. The minimum absolute atomic E-state index is 0.0141. The fraction of sp³-hybridized carbons (Fsp3) is 0.923. The van der Waals surface area contributed by atoms with Crippen LogP contribution in [0.5, 0.6) is 0 Å². The van der Waals surface area contributed by atoms with Crippen LogP contribution in [-0.4, -0.2) is 44.6 Å². The molecular weight excluding hydrogens is 408 g/mol. The van der Waals surface area contributed by atoms with Crippen LogP contribution in [0.2, 0.25) is 0 Å². The number of aliphatic hydroxyl groups is 2. The SMILES string of the molecule is C[C@H]1[C@@H](O)C2C3CCC([C@H](C)CC(C(=O)O)C(=O)O)[C@@]3(C)CCC2[C@@]2(C)CC[C@@H](O)C[C@@H]12. The average molecular weight is 451 g/mol. The minimum atomic E-state index is -1.35. The molecule has 0 aromatic carbocycles. The summed E-state index contributed by atoms with van der Waals surface area (Å²) in [5.41, 5.74) is 0.172. The number of carboxylic acids is 2. The van der Waals surface area contributed by atoms with Gasteiger partial charge < -0.3 is 20.4 Å². The van der Waals surface area contributed by atoms with Crippen LogP contribution in [0.4, 0.5) is 0 Å². The molecule has 0 spiro atoms. The first-order valence-corrected chi connectivity index (χ1v) is 12.7. The smallest absolute Gasteiger partial charge is 0.317 e. The van der Waals surface area contributed by atoms with E-state index in [1.54, 1.807) is 0 Å². The van der Waals surface area contributed by atoms with E-state index in [0.29, 0.717) is 17.8 Å². The first kappa shape index (κ1) is 24.0. The number of fused-ring (bicyclic) bond motifs is 5. The lowest BCUT2D eigenvalue weighted by molar-refractivity contribution is -0.199. The van der Waals surface area contributed by atoms with Crippen molar-refractivity contribution >= 4 is 11.9 Å². The molecule has 32 heavy (non-hydrogen) atoms. The van der Waals surface area contributed by atoms with E-state index in [9.17, 15) is 30.0 Å². The predicted molar refractivity (Wildman–Crippen MR) is 120 cm³/mol. The van der Waals surface area contributed by atoms with Crippen molar-refractivity contribution in [3.05, 3.63) is 0 Å². The normalized spacial score (nSPS) is 49.1. The zero-order chi connectivity index (χ0) is 23.6. The molecule has 4 unspecified atom stereocenters. The third-order valence-corrected chi connectivity index (χ3v) is 11.1. The maximum Gasteiger partial charge on any atom is 0.317 e. The van der Waals surface area contributed by atoms with E-state index in [2.05, 4.69) is 20.8 Å². The molecule has 182 valence electrons. The van der Waals surface area contributed by atoms with Gasteiger partial charge in [0, 0.05) is 0 Å². The quantitative estimate of drug-likeness (QED) is 0.470. The predicted octanol–water partition coefficient (Wildman–Crippen LogP) is 4.03. The Bertz CT molecular complexity index is 739. The number of aliphatic carboxylic acids is 2. The molecule has 4 aliphatic rings. The van der Waals surface area contributed by atoms with Crippen molar-refractivity contribution in [1.29, 1.82) is 0 Å². The molecule has 0 saturated heterocycles. The second-order valence-electron chi connectivity index (χ2n) is 12.4. The Balaban J connectivity index is 1.59. The van der Waals surface area contributed by atoms with Crippen LogP contribution in [-0.2, 0) is 9.59 Å². The third-order valence-electron chi connectivity index (χ3n) is 11.1. The molecule has 4 saturated carbocycles. The van der Waals surface area contributed by atoms with E-state index in [0.717, 1.165) is 44.9 Å². The van der Waals surface area contributed by atoms with Crippen LogP contribution in [0.3, 0.4) is 0 Å². The van der Waals surface area contributed by atoms with Gasteiger partial charge in [-0.3, -0.25) is 9.59 Å². The molecule has 0 radical (unpaired) electrons. The molecule has 6 nitrogen and oxygen atoms in total. The lowest BCUT2D eigenvalue weighted by Crippen LogP contribution is -2.61. The van der Waals surface area contributed by atoms with Gasteiger partial charge in [-0.1, -0.05) is 27.7 Å². The lowest BCUT2D eigenvalue weighted by atomic mass is 9.42. The summed E-state index contributed by atoms with van der Waals surface area (Å²) in [5.74, 6) is -1.92. The highest BCUT2D eigenvalue weighted by Crippen LogP contribution is 2.69. The average Bonchev–Trinajstić information content (AvgIpc) is 3.07. The number of hydrogen-bond acceptors (Lipinski definition) is 4. The molecule has 4 rings (SSSR count). The van der Waals surface area contributed by atoms with Crippen molar-refractivity contribution < 1.29 is 30.0 Å². The van der Waals surface area contributed by atoms with E-state index in [1.807, 2.05) is 6.92 Å². The topological polar surface area (TPSA) is 115 Å². The standard InChI is InChI=1S/C26H42O6/c1-13(11-16(23(29)30)24(31)32)17-5-6-18-21-19(8-10-25(17,18)3)26(4)9-7-15(27)12-20(26)14(2)22(21)28/h13-22,27-28H,5-12H2,1-4H3,(H,29,30)(H,31,32)/t13-,14-,15-,17?,18?,19?,20+,21?,22-,25-,26-/m1/s1. The zero-order valence-electron chi connectivity index (χ0n) is 20.0. The number of carbonyl (C=O) groups is 2. The van der Waals surface area contributed by atoms with E-state index >= 15 is 0 Å². The van der Waals surface area contributed by atoms with Crippen molar-refractivity contribution in [2.75, 3.05) is 0 Å². The van der Waals surface area contributed by atoms with E-state index in [-0.39, 0.29) is 53.1 Å². The van der Waals surface area contributed by atoms with Gasteiger partial charge in [-0.2, -0.15) is 0 Å². The zero-order valence-corrected chi connectivity index (χ0v) is 20.0. The molecule has 0 aromatic heterocycles. The summed E-state index contributed by atoms with van der Waals surface area (Å²) in [6.07, 6.45) is 6.37. The monoisotopic (exact) mass is 450 g/mol. The maximum absolute atomic E-state index is 11.6.